The fourth-order valence-electron chi connectivity index (χ4n) is 0.664. The van der Waals surface area contributed by atoms with Gasteiger partial charge >= 0.3 is 0 Å². The topological polar surface area (TPSA) is 32.6 Å². The third-order valence-electron chi connectivity index (χ3n) is 1.31. The Morgan fingerprint density at radius 1 is 1.70 bits per heavy atom. The van der Waals surface area contributed by atoms with E-state index in [4.69, 9.17) is 5.11 Å². The summed E-state index contributed by atoms with van der Waals surface area (Å²) in [4.78, 5) is 3.59. The summed E-state index contributed by atoms with van der Waals surface area (Å²) >= 11 is 0. The molecule has 0 saturated carbocycles. The van der Waals surface area contributed by atoms with Crippen LogP contribution in [0.25, 0.3) is 0 Å². The average molecular weight is 139 g/mol. The quantitative estimate of drug-likeness (QED) is 0.466. The van der Waals surface area contributed by atoms with E-state index in [0.717, 1.165) is 11.1 Å². The number of nitrogens with zero attached hydrogens (tertiary/aromatic N) is 1. The molecule has 0 fully saturated rings. The van der Waals surface area contributed by atoms with E-state index in [-0.39, 0.29) is 6.61 Å². The lowest BCUT2D eigenvalue weighted by Crippen LogP contribution is -1.90. The molecule has 0 atom stereocenters. The van der Waals surface area contributed by atoms with Crippen LogP contribution in [0.4, 0.5) is 0 Å². The second kappa shape index (κ2) is 4.94. The fraction of sp³-hybridized carbons (Fsp3) is 0.375. The van der Waals surface area contributed by atoms with Gasteiger partial charge in [-0.2, -0.15) is 0 Å². The first kappa shape index (κ1) is 9.11. The lowest BCUT2D eigenvalue weighted by atomic mass is 10.1. The van der Waals surface area contributed by atoms with Gasteiger partial charge in [0.2, 0.25) is 0 Å². The minimum atomic E-state index is 0.0638. The van der Waals surface area contributed by atoms with Crippen molar-refractivity contribution in [1.82, 2.24) is 0 Å². The first-order valence-corrected chi connectivity index (χ1v) is 3.15. The molecule has 2 heteroatoms. The van der Waals surface area contributed by atoms with Crippen LogP contribution in [-0.4, -0.2) is 18.4 Å². The molecule has 0 aromatic rings. The Bertz CT molecular complexity index is 168. The van der Waals surface area contributed by atoms with E-state index in [1.165, 1.54) is 0 Å². The minimum Gasteiger partial charge on any atom is -0.392 e. The first-order chi connectivity index (χ1) is 4.76. The van der Waals surface area contributed by atoms with Crippen LogP contribution in [0.3, 0.4) is 0 Å². The van der Waals surface area contributed by atoms with Crippen molar-refractivity contribution in [3.05, 3.63) is 23.4 Å². The maximum atomic E-state index is 8.75. The molecule has 0 aliphatic heterocycles. The van der Waals surface area contributed by atoms with Gasteiger partial charge < -0.3 is 5.11 Å². The molecule has 0 radical (unpaired) electrons. The zero-order valence-electron chi connectivity index (χ0n) is 6.46. The summed E-state index contributed by atoms with van der Waals surface area (Å²) in [6.07, 6.45) is 3.49. The smallest absolute Gasteiger partial charge is 0.0681 e. The van der Waals surface area contributed by atoms with Crippen molar-refractivity contribution in [2.24, 2.45) is 4.99 Å². The van der Waals surface area contributed by atoms with Gasteiger partial charge in [0.1, 0.15) is 0 Å². The van der Waals surface area contributed by atoms with Crippen LogP contribution in [0.2, 0.25) is 0 Å². The predicted octanol–water partition coefficient (Wildman–Crippen LogP) is 1.53. The lowest BCUT2D eigenvalue weighted by molar-refractivity contribution is 0.333. The Balaban J connectivity index is 4.30. The van der Waals surface area contributed by atoms with Crippen molar-refractivity contribution < 1.29 is 5.11 Å². The third-order valence-corrected chi connectivity index (χ3v) is 1.31. The molecule has 1 N–H and O–H groups in total. The molecule has 0 heterocycles. The van der Waals surface area contributed by atoms with E-state index in [1.54, 1.807) is 6.20 Å². The van der Waals surface area contributed by atoms with Crippen molar-refractivity contribution in [3.8, 4) is 0 Å². The van der Waals surface area contributed by atoms with E-state index in [1.807, 2.05) is 19.9 Å². The van der Waals surface area contributed by atoms with Crippen LogP contribution in [0, 0.1) is 0 Å². The molecule has 0 amide bonds. The molecule has 0 rings (SSSR count). The number of aliphatic imine (C=N–C) groups is 1. The number of hydrogen-bond acceptors (Lipinski definition) is 2. The zero-order valence-corrected chi connectivity index (χ0v) is 6.46. The lowest BCUT2D eigenvalue weighted by Gasteiger charge is -1.99. The molecule has 0 aliphatic carbocycles. The highest BCUT2D eigenvalue weighted by atomic mass is 16.3. The zero-order chi connectivity index (χ0) is 7.98. The first-order valence-electron chi connectivity index (χ1n) is 3.15. The molecular formula is C8H13NO. The second-order valence-corrected chi connectivity index (χ2v) is 1.97. The molecule has 0 unspecified atom stereocenters. The van der Waals surface area contributed by atoms with Crippen LogP contribution in [0.5, 0.6) is 0 Å². The molecule has 0 aliphatic rings. The molecule has 0 aromatic heterocycles. The van der Waals surface area contributed by atoms with E-state index in [9.17, 15) is 0 Å². The maximum absolute atomic E-state index is 8.75. The molecule has 0 aromatic carbocycles. The Kier molecular flexibility index (Phi) is 4.50. The minimum absolute atomic E-state index is 0.0638. The Labute approximate surface area is 61.6 Å². The normalized spacial score (nSPS) is 13.5. The summed E-state index contributed by atoms with van der Waals surface area (Å²) in [5.74, 6) is 0. The number of aliphatic hydroxyl groups is 1. The number of aliphatic hydroxyl groups excluding tert-OH is 1. The van der Waals surface area contributed by atoms with E-state index < -0.39 is 0 Å². The molecule has 0 bridgehead atoms. The third kappa shape index (κ3) is 2.60. The Hall–Kier alpha value is -0.890. The Morgan fingerprint density at radius 2 is 2.30 bits per heavy atom. The van der Waals surface area contributed by atoms with Gasteiger partial charge in [0.25, 0.3) is 0 Å². The summed E-state index contributed by atoms with van der Waals surface area (Å²) in [6.45, 7) is 7.15. The number of rotatable bonds is 3. The average Bonchev–Trinajstić information content (AvgIpc) is 1.91. The van der Waals surface area contributed by atoms with Gasteiger partial charge in [0, 0.05) is 6.20 Å². The summed E-state index contributed by atoms with van der Waals surface area (Å²) in [6, 6.07) is 0. The monoisotopic (exact) mass is 139 g/mol. The van der Waals surface area contributed by atoms with Crippen molar-refractivity contribution in [3.63, 3.8) is 0 Å². The van der Waals surface area contributed by atoms with Crippen LogP contribution >= 0.6 is 0 Å². The highest BCUT2D eigenvalue weighted by Crippen LogP contribution is 2.06. The van der Waals surface area contributed by atoms with Crippen LogP contribution in [0.15, 0.2) is 28.4 Å². The molecule has 0 spiro atoms. The van der Waals surface area contributed by atoms with Gasteiger partial charge in [0.15, 0.2) is 0 Å². The van der Waals surface area contributed by atoms with Gasteiger partial charge in [0.05, 0.1) is 6.61 Å². The molecule has 2 nitrogen and oxygen atoms in total. The van der Waals surface area contributed by atoms with Gasteiger partial charge in [-0.1, -0.05) is 6.08 Å². The molecule has 0 saturated heterocycles. The SMILES string of the molecule is C=N/C=C(C)\C(=C/C)CO. The van der Waals surface area contributed by atoms with E-state index >= 15 is 0 Å². The van der Waals surface area contributed by atoms with Crippen LogP contribution in [0.1, 0.15) is 13.8 Å². The van der Waals surface area contributed by atoms with Crippen LogP contribution in [-0.2, 0) is 0 Å². The van der Waals surface area contributed by atoms with Crippen molar-refractivity contribution in [1.29, 1.82) is 0 Å². The highest BCUT2D eigenvalue weighted by molar-refractivity contribution is 5.32. The summed E-state index contributed by atoms with van der Waals surface area (Å²) < 4.78 is 0. The number of hydrogen-bond donors (Lipinski definition) is 1. The Morgan fingerprint density at radius 3 is 2.60 bits per heavy atom. The largest absolute Gasteiger partial charge is 0.392 e. The van der Waals surface area contributed by atoms with E-state index in [0.29, 0.717) is 0 Å². The van der Waals surface area contributed by atoms with Crippen molar-refractivity contribution >= 4 is 6.72 Å². The fourth-order valence-corrected chi connectivity index (χ4v) is 0.664. The predicted molar refractivity (Wildman–Crippen MR) is 44.1 cm³/mol. The standard InChI is InChI=1S/C8H13NO/c1-4-8(6-10)7(2)5-9-3/h4-5,10H,3,6H2,1-2H3/b7-5-,8-4-. The van der Waals surface area contributed by atoms with E-state index in [2.05, 4.69) is 11.7 Å². The van der Waals surface area contributed by atoms with Crippen LogP contribution < -0.4 is 0 Å². The molecule has 56 valence electrons. The van der Waals surface area contributed by atoms with Crippen molar-refractivity contribution in [2.45, 2.75) is 13.8 Å². The maximum Gasteiger partial charge on any atom is 0.0681 e. The van der Waals surface area contributed by atoms with Gasteiger partial charge in [-0.05, 0) is 31.7 Å². The van der Waals surface area contributed by atoms with Gasteiger partial charge in [-0.3, -0.25) is 4.99 Å². The highest BCUT2D eigenvalue weighted by Gasteiger charge is 1.93. The summed E-state index contributed by atoms with van der Waals surface area (Å²) in [5, 5.41) is 8.75. The summed E-state index contributed by atoms with van der Waals surface area (Å²) in [7, 11) is 0. The van der Waals surface area contributed by atoms with Gasteiger partial charge in [-0.25, -0.2) is 0 Å². The second-order valence-electron chi connectivity index (χ2n) is 1.97. The summed E-state index contributed by atoms with van der Waals surface area (Å²) in [5.41, 5.74) is 1.85. The molecule has 10 heavy (non-hydrogen) atoms. The van der Waals surface area contributed by atoms with Gasteiger partial charge in [-0.15, -0.1) is 0 Å². The van der Waals surface area contributed by atoms with Crippen molar-refractivity contribution in [2.75, 3.05) is 6.61 Å². The molecular weight excluding hydrogens is 126 g/mol. The number of allylic oxidation sites excluding steroid dienone is 1.